The fourth-order valence-electron chi connectivity index (χ4n) is 2.95. The molecule has 1 atom stereocenters. The lowest BCUT2D eigenvalue weighted by Gasteiger charge is -2.28. The number of rotatable bonds is 6. The number of aromatic nitrogens is 3. The molecule has 8 heteroatoms. The molecule has 1 aromatic heterocycles. The molecule has 6 nitrogen and oxygen atoms in total. The molecule has 0 aliphatic heterocycles. The van der Waals surface area contributed by atoms with Gasteiger partial charge in [0, 0.05) is 12.5 Å². The summed E-state index contributed by atoms with van der Waals surface area (Å²) in [5, 5.41) is 8.02. The van der Waals surface area contributed by atoms with E-state index < -0.39 is 5.54 Å². The third-order valence-corrected chi connectivity index (χ3v) is 5.05. The van der Waals surface area contributed by atoms with Crippen molar-refractivity contribution in [2.45, 2.75) is 45.1 Å². The van der Waals surface area contributed by atoms with Crippen molar-refractivity contribution in [1.82, 2.24) is 20.1 Å². The average molecular weight is 398 g/mol. The van der Waals surface area contributed by atoms with Crippen LogP contribution >= 0.6 is 24.0 Å². The Morgan fingerprint density at radius 1 is 1.42 bits per heavy atom. The van der Waals surface area contributed by atoms with Crippen molar-refractivity contribution in [3.63, 3.8) is 0 Å². The summed E-state index contributed by atoms with van der Waals surface area (Å²) in [4.78, 5) is 17.2. The fraction of sp³-hybridized carbons (Fsp3) is 0.500. The number of hydrogen-bond acceptors (Lipinski definition) is 4. The molecular weight excluding hydrogens is 373 g/mol. The van der Waals surface area contributed by atoms with Gasteiger partial charge < -0.3 is 11.1 Å². The number of nitrogens with zero attached hydrogens (tertiary/aromatic N) is 3. The Labute approximate surface area is 164 Å². The van der Waals surface area contributed by atoms with Crippen LogP contribution in [0.15, 0.2) is 24.3 Å². The van der Waals surface area contributed by atoms with Crippen molar-refractivity contribution >= 4 is 29.9 Å². The normalized spacial score (nSPS) is 16.1. The van der Waals surface area contributed by atoms with E-state index in [4.69, 9.17) is 17.3 Å². The van der Waals surface area contributed by atoms with Gasteiger partial charge in [0.05, 0.1) is 16.2 Å². The Balaban J connectivity index is 0.00000243. The zero-order valence-corrected chi connectivity index (χ0v) is 16.8. The minimum Gasteiger partial charge on any atom is -0.343 e. The Hall–Kier alpha value is -1.63. The first-order valence-corrected chi connectivity index (χ1v) is 8.98. The van der Waals surface area contributed by atoms with Crippen molar-refractivity contribution in [2.24, 2.45) is 11.7 Å². The maximum atomic E-state index is 12.7. The van der Waals surface area contributed by atoms with Crippen LogP contribution in [0.2, 0.25) is 5.02 Å². The molecule has 1 amide bonds. The average Bonchev–Trinajstić information content (AvgIpc) is 3.34. The molecule has 0 radical (unpaired) electrons. The standard InChI is InChI=1S/C18H24ClN5O.ClH/c1-11(2)16-21-15(17(25)22-18(3,10-20)12-8-9-12)23-24(16)14-7-5-4-6-13(14)19;/h4-7,11-12H,8-10,20H2,1-3H3,(H,22,25);1H. The van der Waals surface area contributed by atoms with E-state index in [0.29, 0.717) is 29.0 Å². The van der Waals surface area contributed by atoms with Crippen LogP contribution in [-0.2, 0) is 0 Å². The van der Waals surface area contributed by atoms with E-state index in [2.05, 4.69) is 15.4 Å². The van der Waals surface area contributed by atoms with Gasteiger partial charge in [-0.2, -0.15) is 0 Å². The van der Waals surface area contributed by atoms with Crippen molar-refractivity contribution in [3.8, 4) is 5.69 Å². The van der Waals surface area contributed by atoms with Crippen LogP contribution in [0.4, 0.5) is 0 Å². The molecule has 142 valence electrons. The van der Waals surface area contributed by atoms with E-state index in [1.165, 1.54) is 0 Å². The molecule has 0 bridgehead atoms. The lowest BCUT2D eigenvalue weighted by atomic mass is 9.96. The van der Waals surface area contributed by atoms with E-state index in [9.17, 15) is 4.79 Å². The molecule has 1 aliphatic carbocycles. The maximum Gasteiger partial charge on any atom is 0.291 e. The van der Waals surface area contributed by atoms with Crippen LogP contribution in [0.1, 0.15) is 56.0 Å². The van der Waals surface area contributed by atoms with E-state index in [0.717, 1.165) is 12.8 Å². The van der Waals surface area contributed by atoms with Crippen molar-refractivity contribution < 1.29 is 4.79 Å². The number of amides is 1. The first-order chi connectivity index (χ1) is 11.9. The van der Waals surface area contributed by atoms with Gasteiger partial charge in [0.2, 0.25) is 5.82 Å². The zero-order chi connectivity index (χ0) is 18.2. The van der Waals surface area contributed by atoms with Crippen molar-refractivity contribution in [2.75, 3.05) is 6.54 Å². The monoisotopic (exact) mass is 397 g/mol. The minimum absolute atomic E-state index is 0. The summed E-state index contributed by atoms with van der Waals surface area (Å²) >= 11 is 6.30. The number of hydrogen-bond donors (Lipinski definition) is 2. The quantitative estimate of drug-likeness (QED) is 0.782. The number of carbonyl (C=O) groups excluding carboxylic acids is 1. The van der Waals surface area contributed by atoms with Gasteiger partial charge in [0.1, 0.15) is 5.82 Å². The Morgan fingerprint density at radius 3 is 2.62 bits per heavy atom. The molecule has 3 rings (SSSR count). The Bertz CT molecular complexity index is 788. The molecule has 1 heterocycles. The molecule has 26 heavy (non-hydrogen) atoms. The van der Waals surface area contributed by atoms with E-state index >= 15 is 0 Å². The molecule has 1 aliphatic rings. The van der Waals surface area contributed by atoms with Gasteiger partial charge in [-0.15, -0.1) is 17.5 Å². The van der Waals surface area contributed by atoms with Gasteiger partial charge in [-0.1, -0.05) is 37.6 Å². The van der Waals surface area contributed by atoms with Crippen LogP contribution in [0.25, 0.3) is 5.69 Å². The molecule has 1 saturated carbocycles. The Kier molecular flexibility index (Phi) is 6.32. The topological polar surface area (TPSA) is 85.8 Å². The second-order valence-corrected chi connectivity index (χ2v) is 7.57. The van der Waals surface area contributed by atoms with Crippen LogP contribution in [-0.4, -0.2) is 32.8 Å². The highest BCUT2D eigenvalue weighted by atomic mass is 35.5. The number of nitrogens with one attached hydrogen (secondary N) is 1. The lowest BCUT2D eigenvalue weighted by molar-refractivity contribution is 0.0887. The predicted octanol–water partition coefficient (Wildman–Crippen LogP) is 3.32. The highest BCUT2D eigenvalue weighted by molar-refractivity contribution is 6.32. The van der Waals surface area contributed by atoms with Gasteiger partial charge in [0.25, 0.3) is 5.91 Å². The molecule has 0 saturated heterocycles. The second kappa shape index (κ2) is 7.94. The van der Waals surface area contributed by atoms with Crippen molar-refractivity contribution in [3.05, 3.63) is 40.9 Å². The van der Waals surface area contributed by atoms with E-state index in [1.54, 1.807) is 10.7 Å². The highest BCUT2D eigenvalue weighted by Gasteiger charge is 2.42. The number of benzene rings is 1. The molecule has 3 N–H and O–H groups in total. The minimum atomic E-state index is -0.412. The van der Waals surface area contributed by atoms with Crippen LogP contribution in [0.5, 0.6) is 0 Å². The highest BCUT2D eigenvalue weighted by Crippen LogP contribution is 2.39. The molecule has 0 spiro atoms. The van der Waals surface area contributed by atoms with Gasteiger partial charge in [-0.3, -0.25) is 4.79 Å². The summed E-state index contributed by atoms with van der Waals surface area (Å²) < 4.78 is 1.65. The molecule has 2 aromatic rings. The molecule has 1 unspecified atom stereocenters. The fourth-order valence-corrected chi connectivity index (χ4v) is 3.17. The van der Waals surface area contributed by atoms with Crippen LogP contribution < -0.4 is 11.1 Å². The van der Waals surface area contributed by atoms with Gasteiger partial charge in [-0.05, 0) is 37.8 Å². The summed E-state index contributed by atoms with van der Waals surface area (Å²) in [6, 6.07) is 7.39. The van der Waals surface area contributed by atoms with Crippen molar-refractivity contribution in [1.29, 1.82) is 0 Å². The van der Waals surface area contributed by atoms with Crippen LogP contribution in [0.3, 0.4) is 0 Å². The first-order valence-electron chi connectivity index (χ1n) is 8.60. The SMILES string of the molecule is CC(C)c1nc(C(=O)NC(C)(CN)C2CC2)nn1-c1ccccc1Cl.Cl. The summed E-state index contributed by atoms with van der Waals surface area (Å²) in [6.45, 7) is 6.39. The second-order valence-electron chi connectivity index (χ2n) is 7.16. The summed E-state index contributed by atoms with van der Waals surface area (Å²) in [5.41, 5.74) is 6.19. The van der Waals surface area contributed by atoms with E-state index in [-0.39, 0.29) is 30.1 Å². The number of carbonyl (C=O) groups is 1. The third kappa shape index (κ3) is 4.03. The summed E-state index contributed by atoms with van der Waals surface area (Å²) in [7, 11) is 0. The molecule has 1 aromatic carbocycles. The maximum absolute atomic E-state index is 12.7. The summed E-state index contributed by atoms with van der Waals surface area (Å²) in [6.07, 6.45) is 2.18. The zero-order valence-electron chi connectivity index (χ0n) is 15.2. The largest absolute Gasteiger partial charge is 0.343 e. The predicted molar refractivity (Wildman–Crippen MR) is 105 cm³/mol. The number of nitrogens with two attached hydrogens (primary N) is 1. The van der Waals surface area contributed by atoms with Gasteiger partial charge in [-0.25, -0.2) is 9.67 Å². The van der Waals surface area contributed by atoms with E-state index in [1.807, 2.05) is 39.0 Å². The first kappa shape index (κ1) is 20.7. The number of halogens is 2. The van der Waals surface area contributed by atoms with Gasteiger partial charge in [0.15, 0.2) is 0 Å². The third-order valence-electron chi connectivity index (χ3n) is 4.73. The number of para-hydroxylation sites is 1. The van der Waals surface area contributed by atoms with Gasteiger partial charge >= 0.3 is 0 Å². The summed E-state index contributed by atoms with van der Waals surface area (Å²) in [5.74, 6) is 1.06. The molecule has 1 fully saturated rings. The Morgan fingerprint density at radius 2 is 2.08 bits per heavy atom. The smallest absolute Gasteiger partial charge is 0.291 e. The van der Waals surface area contributed by atoms with Crippen LogP contribution in [0, 0.1) is 5.92 Å². The lowest BCUT2D eigenvalue weighted by Crippen LogP contribution is -2.53. The molecular formula is C18H25Cl2N5O.